The van der Waals surface area contributed by atoms with E-state index in [-0.39, 0.29) is 5.56 Å². The molecule has 0 unspecified atom stereocenters. The minimum Gasteiger partial charge on any atom is -0.493 e. The smallest absolute Gasteiger partial charge is 0.282 e. The van der Waals surface area contributed by atoms with Crippen LogP contribution in [-0.4, -0.2) is 53.2 Å². The second-order valence-corrected chi connectivity index (χ2v) is 8.13. The van der Waals surface area contributed by atoms with Crippen molar-refractivity contribution < 1.29 is 14.2 Å². The SMILES string of the molecule is COc1cc(-n2nnc3cc(Oc4ccccc4)ccc3c2=O)ccc1OCCN1CCCC1. The fourth-order valence-corrected chi connectivity index (χ4v) is 4.08. The first kappa shape index (κ1) is 21.9. The van der Waals surface area contributed by atoms with E-state index in [2.05, 4.69) is 15.2 Å². The highest BCUT2D eigenvalue weighted by Crippen LogP contribution is 2.29. The summed E-state index contributed by atoms with van der Waals surface area (Å²) in [5.74, 6) is 2.47. The van der Waals surface area contributed by atoms with E-state index >= 15 is 0 Å². The lowest BCUT2D eigenvalue weighted by molar-refractivity contribution is 0.230. The van der Waals surface area contributed by atoms with E-state index in [1.165, 1.54) is 17.5 Å². The Hall–Kier alpha value is -3.91. The lowest BCUT2D eigenvalue weighted by atomic mass is 10.2. The largest absolute Gasteiger partial charge is 0.493 e. The van der Waals surface area contributed by atoms with Gasteiger partial charge >= 0.3 is 0 Å². The molecule has 0 radical (unpaired) electrons. The molecule has 174 valence electrons. The Morgan fingerprint density at radius 3 is 2.53 bits per heavy atom. The number of benzene rings is 3. The van der Waals surface area contributed by atoms with Crippen LogP contribution in [0.4, 0.5) is 0 Å². The van der Waals surface area contributed by atoms with Crippen molar-refractivity contribution in [2.24, 2.45) is 0 Å². The van der Waals surface area contributed by atoms with Crippen LogP contribution < -0.4 is 19.8 Å². The quantitative estimate of drug-likeness (QED) is 0.394. The van der Waals surface area contributed by atoms with Crippen molar-refractivity contribution in [1.82, 2.24) is 19.9 Å². The van der Waals surface area contributed by atoms with Crippen molar-refractivity contribution >= 4 is 10.9 Å². The summed E-state index contributed by atoms with van der Waals surface area (Å²) in [5, 5.41) is 8.83. The highest BCUT2D eigenvalue weighted by molar-refractivity contribution is 5.78. The molecule has 0 atom stereocenters. The number of para-hydroxylation sites is 1. The van der Waals surface area contributed by atoms with Gasteiger partial charge in [0.05, 0.1) is 18.2 Å². The summed E-state index contributed by atoms with van der Waals surface area (Å²) in [7, 11) is 1.58. The molecule has 1 aliphatic rings. The molecule has 1 aliphatic heterocycles. The maximum atomic E-state index is 13.1. The van der Waals surface area contributed by atoms with Crippen LogP contribution in [0.2, 0.25) is 0 Å². The summed E-state index contributed by atoms with van der Waals surface area (Å²) >= 11 is 0. The molecular formula is C26H26N4O4. The van der Waals surface area contributed by atoms with Crippen molar-refractivity contribution in [2.75, 3.05) is 33.4 Å². The molecule has 34 heavy (non-hydrogen) atoms. The van der Waals surface area contributed by atoms with Crippen LogP contribution in [-0.2, 0) is 0 Å². The summed E-state index contributed by atoms with van der Waals surface area (Å²) < 4.78 is 18.6. The monoisotopic (exact) mass is 458 g/mol. The van der Waals surface area contributed by atoms with Crippen molar-refractivity contribution in [3.63, 3.8) is 0 Å². The molecular weight excluding hydrogens is 432 g/mol. The average molecular weight is 459 g/mol. The first-order valence-corrected chi connectivity index (χ1v) is 11.4. The van der Waals surface area contributed by atoms with E-state index in [1.807, 2.05) is 30.3 Å². The van der Waals surface area contributed by atoms with Gasteiger partial charge in [-0.3, -0.25) is 9.69 Å². The van der Waals surface area contributed by atoms with Crippen LogP contribution in [0.5, 0.6) is 23.0 Å². The van der Waals surface area contributed by atoms with Gasteiger partial charge in [-0.15, -0.1) is 5.10 Å². The Labute approximate surface area is 197 Å². The average Bonchev–Trinajstić information content (AvgIpc) is 3.39. The van der Waals surface area contributed by atoms with E-state index in [4.69, 9.17) is 14.2 Å². The van der Waals surface area contributed by atoms with Crippen LogP contribution in [0.15, 0.2) is 71.5 Å². The number of ether oxygens (including phenoxy) is 3. The first-order chi connectivity index (χ1) is 16.7. The standard InChI is InChI=1S/C26H26N4O4/c1-32-25-17-19(9-12-24(25)33-16-15-29-13-5-6-14-29)30-26(31)22-11-10-21(18-23(22)27-28-30)34-20-7-3-2-4-8-20/h2-4,7-12,17-18H,5-6,13-16H2,1H3. The Morgan fingerprint density at radius 2 is 1.74 bits per heavy atom. The van der Waals surface area contributed by atoms with E-state index in [0.29, 0.717) is 46.2 Å². The molecule has 0 N–H and O–H groups in total. The molecule has 8 heteroatoms. The highest BCUT2D eigenvalue weighted by Gasteiger charge is 2.14. The Morgan fingerprint density at radius 1 is 0.912 bits per heavy atom. The van der Waals surface area contributed by atoms with E-state index in [0.717, 1.165) is 19.6 Å². The fraction of sp³-hybridized carbons (Fsp3) is 0.269. The Balaban J connectivity index is 1.36. The first-order valence-electron chi connectivity index (χ1n) is 11.4. The summed E-state index contributed by atoms with van der Waals surface area (Å²) in [6.45, 7) is 3.72. The van der Waals surface area contributed by atoms with Gasteiger partial charge in [0.1, 0.15) is 23.6 Å². The molecule has 0 aliphatic carbocycles. The number of aromatic nitrogens is 3. The van der Waals surface area contributed by atoms with E-state index in [1.54, 1.807) is 43.5 Å². The Kier molecular flexibility index (Phi) is 6.40. The third-order valence-electron chi connectivity index (χ3n) is 5.87. The zero-order chi connectivity index (χ0) is 23.3. The van der Waals surface area contributed by atoms with Gasteiger partial charge in [-0.1, -0.05) is 23.4 Å². The van der Waals surface area contributed by atoms with Gasteiger partial charge in [-0.05, 0) is 62.3 Å². The number of rotatable bonds is 8. The van der Waals surface area contributed by atoms with E-state index < -0.39 is 0 Å². The molecule has 1 fully saturated rings. The molecule has 2 heterocycles. The predicted molar refractivity (Wildman–Crippen MR) is 129 cm³/mol. The van der Waals surface area contributed by atoms with Gasteiger partial charge in [-0.25, -0.2) is 0 Å². The molecule has 1 aromatic heterocycles. The van der Waals surface area contributed by atoms with Gasteiger partial charge in [0.2, 0.25) is 0 Å². The number of methoxy groups -OCH3 is 1. The highest BCUT2D eigenvalue weighted by atomic mass is 16.5. The minimum atomic E-state index is -0.277. The van der Waals surface area contributed by atoms with Gasteiger partial charge in [0, 0.05) is 18.7 Å². The number of hydrogen-bond donors (Lipinski definition) is 0. The summed E-state index contributed by atoms with van der Waals surface area (Å²) in [4.78, 5) is 15.5. The van der Waals surface area contributed by atoms with Crippen molar-refractivity contribution in [3.8, 4) is 28.7 Å². The molecule has 1 saturated heterocycles. The topological polar surface area (TPSA) is 78.7 Å². The third kappa shape index (κ3) is 4.72. The summed E-state index contributed by atoms with van der Waals surface area (Å²) in [6, 6.07) is 19.9. The number of nitrogens with zero attached hydrogens (tertiary/aromatic N) is 4. The second kappa shape index (κ2) is 9.93. The predicted octanol–water partition coefficient (Wildman–Crippen LogP) is 4.06. The van der Waals surface area contributed by atoms with Crippen molar-refractivity contribution in [2.45, 2.75) is 12.8 Å². The summed E-state index contributed by atoms with van der Waals surface area (Å²) in [6.07, 6.45) is 2.50. The van der Waals surface area contributed by atoms with Crippen LogP contribution in [0.1, 0.15) is 12.8 Å². The lowest BCUT2D eigenvalue weighted by Gasteiger charge is -2.16. The van der Waals surface area contributed by atoms with Gasteiger partial charge in [0.15, 0.2) is 11.5 Å². The van der Waals surface area contributed by atoms with Crippen LogP contribution in [0.25, 0.3) is 16.6 Å². The van der Waals surface area contributed by atoms with Crippen LogP contribution in [0.3, 0.4) is 0 Å². The van der Waals surface area contributed by atoms with Crippen LogP contribution in [0, 0.1) is 0 Å². The maximum absolute atomic E-state index is 13.1. The second-order valence-electron chi connectivity index (χ2n) is 8.13. The van der Waals surface area contributed by atoms with Gasteiger partial charge in [0.25, 0.3) is 5.56 Å². The summed E-state index contributed by atoms with van der Waals surface area (Å²) in [5.41, 5.74) is 0.734. The normalized spacial score (nSPS) is 13.8. The molecule has 0 spiro atoms. The number of hydrogen-bond acceptors (Lipinski definition) is 7. The molecule has 3 aromatic carbocycles. The Bertz CT molecular complexity index is 1330. The molecule has 0 amide bonds. The molecule has 4 aromatic rings. The van der Waals surface area contributed by atoms with Gasteiger partial charge < -0.3 is 14.2 Å². The molecule has 0 bridgehead atoms. The maximum Gasteiger partial charge on any atom is 0.282 e. The van der Waals surface area contributed by atoms with Crippen molar-refractivity contribution in [1.29, 1.82) is 0 Å². The molecule has 0 saturated carbocycles. The lowest BCUT2D eigenvalue weighted by Crippen LogP contribution is -2.25. The minimum absolute atomic E-state index is 0.277. The molecule has 8 nitrogen and oxygen atoms in total. The molecule has 5 rings (SSSR count). The third-order valence-corrected chi connectivity index (χ3v) is 5.87. The van der Waals surface area contributed by atoms with Crippen molar-refractivity contribution in [3.05, 3.63) is 77.1 Å². The number of fused-ring (bicyclic) bond motifs is 1. The number of likely N-dealkylation sites (tertiary alicyclic amines) is 1. The zero-order valence-electron chi connectivity index (χ0n) is 19.0. The van der Waals surface area contributed by atoms with Crippen LogP contribution >= 0.6 is 0 Å². The van der Waals surface area contributed by atoms with E-state index in [9.17, 15) is 4.79 Å². The fourth-order valence-electron chi connectivity index (χ4n) is 4.08. The zero-order valence-corrected chi connectivity index (χ0v) is 19.0. The van der Waals surface area contributed by atoms with Gasteiger partial charge in [-0.2, -0.15) is 4.68 Å².